The maximum atomic E-state index is 14.0. The topological polar surface area (TPSA) is 220 Å². The molecule has 2 saturated heterocycles. The highest BCUT2D eigenvalue weighted by molar-refractivity contribution is 7.13. The van der Waals surface area contributed by atoms with E-state index in [1.807, 2.05) is 75.7 Å². The fourth-order valence-corrected chi connectivity index (χ4v) is 9.26. The van der Waals surface area contributed by atoms with Gasteiger partial charge in [0.2, 0.25) is 17.7 Å². The van der Waals surface area contributed by atoms with Gasteiger partial charge in [-0.1, -0.05) is 45.0 Å². The Morgan fingerprint density at radius 3 is 2.32 bits per heavy atom. The van der Waals surface area contributed by atoms with Crippen molar-refractivity contribution in [3.05, 3.63) is 100 Å². The van der Waals surface area contributed by atoms with Gasteiger partial charge in [0.15, 0.2) is 0 Å². The zero-order valence-electron chi connectivity index (χ0n) is 39.4. The molecule has 5 aromatic rings. The van der Waals surface area contributed by atoms with Crippen LogP contribution in [0.4, 0.5) is 5.69 Å². The smallest absolute Gasteiger partial charge is 0.255 e. The van der Waals surface area contributed by atoms with Crippen LogP contribution in [0.2, 0.25) is 0 Å². The Hall–Kier alpha value is -6.05. The van der Waals surface area contributed by atoms with Crippen molar-refractivity contribution in [3.63, 3.8) is 0 Å². The molecule has 0 spiro atoms. The molecule has 6 N–H and O–H groups in total. The largest absolute Gasteiger partial charge is 0.391 e. The van der Waals surface area contributed by atoms with E-state index in [4.69, 9.17) is 14.5 Å². The first-order valence-corrected chi connectivity index (χ1v) is 24.1. The molecule has 0 saturated carbocycles. The summed E-state index contributed by atoms with van der Waals surface area (Å²) in [6, 6.07) is 18.5. The Morgan fingerprint density at radius 2 is 1.65 bits per heavy atom. The second kappa shape index (κ2) is 22.8. The van der Waals surface area contributed by atoms with E-state index < -0.39 is 35.4 Å². The minimum Gasteiger partial charge on any atom is -0.391 e. The number of amides is 5. The van der Waals surface area contributed by atoms with E-state index >= 15 is 0 Å². The van der Waals surface area contributed by atoms with Crippen LogP contribution in [0.1, 0.15) is 91.2 Å². The molecule has 5 amide bonds. The van der Waals surface area contributed by atoms with Gasteiger partial charge in [-0.25, -0.2) is 9.97 Å². The van der Waals surface area contributed by atoms with Gasteiger partial charge in [0.1, 0.15) is 17.9 Å². The minimum atomic E-state index is -0.953. The standard InChI is InChI=1S/C50H63N9O8S/c1-31-7-6-20-58(31)29-42-55-39-17-16-37(25-40(39)56-42)54-47(63)36-14-12-35(13-15-36)46(62)51-19-22-67-24-23-66-21-18-43(61)57-45(50(3,4)5)49(65)59-28-38(60)26-41(59)48(64)52-27-33-8-10-34(11-9-33)44-32(2)53-30-68-44/h8-17,25,30-31,38,41,45,60H,6-7,18-24,26-29H2,1-5H3,(H,51,62)(H,52,64)(H,54,63)(H,55,56)(H,57,61)/t31-,38+,41-,45+/m0/s1. The molecule has 68 heavy (non-hydrogen) atoms. The number of fused-ring (bicyclic) bond motifs is 1. The Bertz CT molecular complexity index is 2540. The number of aromatic nitrogens is 3. The molecule has 7 rings (SSSR count). The van der Waals surface area contributed by atoms with Gasteiger partial charge in [0.25, 0.3) is 11.8 Å². The van der Waals surface area contributed by atoms with E-state index in [-0.39, 0.29) is 76.6 Å². The van der Waals surface area contributed by atoms with Gasteiger partial charge < -0.3 is 45.7 Å². The van der Waals surface area contributed by atoms with E-state index in [1.165, 1.54) is 17.7 Å². The third-order valence-corrected chi connectivity index (χ3v) is 13.3. The average molecular weight is 950 g/mol. The van der Waals surface area contributed by atoms with Crippen LogP contribution in [0, 0.1) is 12.3 Å². The molecule has 2 aliphatic heterocycles. The fourth-order valence-electron chi connectivity index (χ4n) is 8.45. The zero-order valence-corrected chi connectivity index (χ0v) is 40.2. The number of nitrogens with zero attached hydrogens (tertiary/aromatic N) is 4. The van der Waals surface area contributed by atoms with Crippen LogP contribution in [0.25, 0.3) is 21.5 Å². The molecule has 4 heterocycles. The molecule has 3 aromatic carbocycles. The van der Waals surface area contributed by atoms with Crippen molar-refractivity contribution in [2.45, 2.75) is 97.6 Å². The van der Waals surface area contributed by atoms with Crippen molar-refractivity contribution in [3.8, 4) is 10.4 Å². The molecular formula is C50H63N9O8S. The number of hydrogen-bond donors (Lipinski definition) is 6. The van der Waals surface area contributed by atoms with Crippen LogP contribution >= 0.6 is 11.3 Å². The van der Waals surface area contributed by atoms with Crippen LogP contribution in [-0.4, -0.2) is 130 Å². The van der Waals surface area contributed by atoms with Crippen molar-refractivity contribution < 1.29 is 38.6 Å². The number of nitrogens with one attached hydrogen (secondary N) is 5. The van der Waals surface area contributed by atoms with Gasteiger partial charge in [-0.3, -0.25) is 28.9 Å². The van der Waals surface area contributed by atoms with Gasteiger partial charge in [0, 0.05) is 55.3 Å². The lowest BCUT2D eigenvalue weighted by molar-refractivity contribution is -0.144. The molecule has 2 aliphatic rings. The van der Waals surface area contributed by atoms with Gasteiger partial charge >= 0.3 is 0 Å². The number of imidazole rings is 1. The first kappa shape index (κ1) is 49.8. The van der Waals surface area contributed by atoms with Crippen LogP contribution < -0.4 is 21.3 Å². The number of hydrogen-bond acceptors (Lipinski definition) is 12. The summed E-state index contributed by atoms with van der Waals surface area (Å²) in [5, 5.41) is 22.0. The lowest BCUT2D eigenvalue weighted by atomic mass is 9.85. The number of aliphatic hydroxyl groups is 1. The Kier molecular flexibility index (Phi) is 16.7. The third-order valence-electron chi connectivity index (χ3n) is 12.3. The number of anilines is 1. The molecule has 0 unspecified atom stereocenters. The lowest BCUT2D eigenvalue weighted by Crippen LogP contribution is -2.57. The average Bonchev–Trinajstić information content (AvgIpc) is 4.13. The summed E-state index contributed by atoms with van der Waals surface area (Å²) >= 11 is 1.57. The number of likely N-dealkylation sites (tertiary alicyclic amines) is 2. The van der Waals surface area contributed by atoms with Crippen molar-refractivity contribution in [2.75, 3.05) is 51.4 Å². The first-order valence-electron chi connectivity index (χ1n) is 23.3. The number of carbonyl (C=O) groups is 5. The number of aryl methyl sites for hydroxylation is 1. The van der Waals surface area contributed by atoms with Crippen LogP contribution in [0.15, 0.2) is 72.2 Å². The van der Waals surface area contributed by atoms with Gasteiger partial charge in [0.05, 0.1) is 66.2 Å². The molecule has 0 bridgehead atoms. The number of aromatic amines is 1. The number of benzene rings is 3. The molecule has 362 valence electrons. The highest BCUT2D eigenvalue weighted by atomic mass is 32.1. The Labute approximate surface area is 400 Å². The number of ether oxygens (including phenoxy) is 2. The summed E-state index contributed by atoms with van der Waals surface area (Å²) in [6.45, 7) is 12.8. The molecule has 0 aliphatic carbocycles. The Morgan fingerprint density at radius 1 is 0.926 bits per heavy atom. The number of thiazole rings is 1. The normalized spacial score (nSPS) is 17.9. The van der Waals surface area contributed by atoms with Crippen molar-refractivity contribution in [2.24, 2.45) is 5.41 Å². The summed E-state index contributed by atoms with van der Waals surface area (Å²) in [5.41, 5.74) is 7.15. The summed E-state index contributed by atoms with van der Waals surface area (Å²) in [6.07, 6.45) is 1.61. The van der Waals surface area contributed by atoms with Crippen molar-refractivity contribution in [1.29, 1.82) is 0 Å². The summed E-state index contributed by atoms with van der Waals surface area (Å²) < 4.78 is 11.2. The van der Waals surface area contributed by atoms with E-state index in [0.29, 0.717) is 22.9 Å². The van der Waals surface area contributed by atoms with Crippen molar-refractivity contribution >= 4 is 57.6 Å². The third kappa shape index (κ3) is 13.1. The Balaban J connectivity index is 0.768. The van der Waals surface area contributed by atoms with E-state index in [9.17, 15) is 29.1 Å². The number of carbonyl (C=O) groups excluding carboxylic acids is 5. The van der Waals surface area contributed by atoms with Crippen LogP contribution in [0.3, 0.4) is 0 Å². The SMILES string of the molecule is Cc1ncsc1-c1ccc(CNC(=O)[C@@H]2C[C@@H](O)CN2C(=O)[C@@H](NC(=O)CCOCCOCCNC(=O)c2ccc(C(=O)Nc3ccc4nc(CN5CCC[C@@H]5C)[nH]c4c3)cc2)C(C)(C)C)cc1. The molecule has 2 fully saturated rings. The molecule has 0 radical (unpaired) electrons. The quantitative estimate of drug-likeness (QED) is 0.0558. The molecule has 4 atom stereocenters. The molecule has 17 nitrogen and oxygen atoms in total. The molecule has 2 aromatic heterocycles. The molecule has 18 heteroatoms. The minimum absolute atomic E-state index is 0.00943. The zero-order chi connectivity index (χ0) is 48.4. The lowest BCUT2D eigenvalue weighted by Gasteiger charge is -2.35. The summed E-state index contributed by atoms with van der Waals surface area (Å²) in [5.74, 6) is -0.906. The highest BCUT2D eigenvalue weighted by Gasteiger charge is 2.44. The monoisotopic (exact) mass is 949 g/mol. The number of H-pyrrole nitrogens is 1. The second-order valence-electron chi connectivity index (χ2n) is 18.6. The predicted molar refractivity (Wildman–Crippen MR) is 260 cm³/mol. The van der Waals surface area contributed by atoms with Gasteiger partial charge in [-0.05, 0) is 92.2 Å². The summed E-state index contributed by atoms with van der Waals surface area (Å²) in [7, 11) is 0. The highest BCUT2D eigenvalue weighted by Crippen LogP contribution is 2.29. The molecular weight excluding hydrogens is 887 g/mol. The number of rotatable bonds is 20. The van der Waals surface area contributed by atoms with Crippen LogP contribution in [0.5, 0.6) is 0 Å². The van der Waals surface area contributed by atoms with Crippen molar-refractivity contribution in [1.82, 2.24) is 40.7 Å². The number of β-amino-alcohol motifs (C(OH)–C–C–N with tert-alkyl or cyclic N) is 1. The van der Waals surface area contributed by atoms with E-state index in [2.05, 4.69) is 43.1 Å². The van der Waals surface area contributed by atoms with E-state index in [1.54, 1.807) is 35.6 Å². The first-order chi connectivity index (χ1) is 32.6. The fraction of sp³-hybridized carbons (Fsp3) is 0.460. The van der Waals surface area contributed by atoms with Crippen LogP contribution in [-0.2, 0) is 36.9 Å². The summed E-state index contributed by atoms with van der Waals surface area (Å²) in [4.78, 5) is 83.5. The number of aliphatic hydroxyl groups excluding tert-OH is 1. The maximum Gasteiger partial charge on any atom is 0.255 e. The predicted octanol–water partition coefficient (Wildman–Crippen LogP) is 5.19. The maximum absolute atomic E-state index is 14.0. The second-order valence-corrected chi connectivity index (χ2v) is 19.4. The van der Waals surface area contributed by atoms with Gasteiger partial charge in [-0.15, -0.1) is 11.3 Å². The van der Waals surface area contributed by atoms with Gasteiger partial charge in [-0.2, -0.15) is 0 Å². The van der Waals surface area contributed by atoms with E-state index in [0.717, 1.165) is 51.6 Å².